The van der Waals surface area contributed by atoms with Crippen molar-refractivity contribution in [3.63, 3.8) is 0 Å². The van der Waals surface area contributed by atoms with Crippen molar-refractivity contribution in [2.24, 2.45) is 0 Å². The highest BCUT2D eigenvalue weighted by Gasteiger charge is 2.25. The zero-order valence-electron chi connectivity index (χ0n) is 11.3. The quantitative estimate of drug-likeness (QED) is 0.910. The molecule has 1 aliphatic heterocycles. The van der Waals surface area contributed by atoms with Gasteiger partial charge in [-0.15, -0.1) is 11.3 Å². The molecule has 1 N–H and O–H groups in total. The van der Waals surface area contributed by atoms with E-state index in [1.807, 2.05) is 0 Å². The van der Waals surface area contributed by atoms with Crippen LogP contribution in [0.2, 0.25) is 0 Å². The maximum Gasteiger partial charge on any atom is 0.227 e. The molecule has 5 nitrogen and oxygen atoms in total. The van der Waals surface area contributed by atoms with E-state index in [1.165, 1.54) is 4.88 Å². The van der Waals surface area contributed by atoms with Gasteiger partial charge in [0.05, 0.1) is 6.04 Å². The van der Waals surface area contributed by atoms with Crippen molar-refractivity contribution in [2.75, 3.05) is 26.7 Å². The molecule has 1 atom stereocenters. The number of hydrogen-bond donors (Lipinski definition) is 1. The maximum atomic E-state index is 5.37. The third kappa shape index (κ3) is 3.28. The van der Waals surface area contributed by atoms with E-state index in [0.717, 1.165) is 48.7 Å². The van der Waals surface area contributed by atoms with E-state index in [2.05, 4.69) is 54.8 Å². The zero-order chi connectivity index (χ0) is 13.9. The number of piperazine rings is 1. The fraction of sp³-hybridized carbons (Fsp3) is 0.538. The summed E-state index contributed by atoms with van der Waals surface area (Å²) in [6.07, 6.45) is 1.74. The van der Waals surface area contributed by atoms with E-state index in [-0.39, 0.29) is 6.04 Å². The molecular weight excluding hydrogens is 340 g/mol. The van der Waals surface area contributed by atoms with Crippen molar-refractivity contribution in [1.29, 1.82) is 0 Å². The first kappa shape index (κ1) is 14.2. The molecule has 0 bridgehead atoms. The predicted molar refractivity (Wildman–Crippen MR) is 82.0 cm³/mol. The molecule has 1 unspecified atom stereocenters. The van der Waals surface area contributed by atoms with Crippen molar-refractivity contribution in [1.82, 2.24) is 20.4 Å². The molecule has 2 aromatic heterocycles. The number of thiophene rings is 1. The highest BCUT2D eigenvalue weighted by atomic mass is 79.9. The summed E-state index contributed by atoms with van der Waals surface area (Å²) in [7, 11) is 2.10. The molecule has 20 heavy (non-hydrogen) atoms. The van der Waals surface area contributed by atoms with Crippen LogP contribution >= 0.6 is 27.3 Å². The maximum absolute atomic E-state index is 5.37. The van der Waals surface area contributed by atoms with E-state index in [1.54, 1.807) is 11.3 Å². The number of aryl methyl sites for hydroxylation is 2. The Morgan fingerprint density at radius 1 is 1.55 bits per heavy atom. The predicted octanol–water partition coefficient (Wildman–Crippen LogP) is 2.25. The van der Waals surface area contributed by atoms with Crippen molar-refractivity contribution < 1.29 is 4.52 Å². The Morgan fingerprint density at radius 2 is 2.45 bits per heavy atom. The van der Waals surface area contributed by atoms with Crippen LogP contribution in [0.4, 0.5) is 0 Å². The fourth-order valence-electron chi connectivity index (χ4n) is 2.31. The Morgan fingerprint density at radius 3 is 3.20 bits per heavy atom. The average molecular weight is 357 g/mol. The highest BCUT2D eigenvalue weighted by Crippen LogP contribution is 2.22. The van der Waals surface area contributed by atoms with Gasteiger partial charge in [0.1, 0.15) is 0 Å². The van der Waals surface area contributed by atoms with Crippen LogP contribution in [-0.4, -0.2) is 41.7 Å². The first-order valence-electron chi connectivity index (χ1n) is 6.69. The van der Waals surface area contributed by atoms with Gasteiger partial charge in [-0.25, -0.2) is 0 Å². The van der Waals surface area contributed by atoms with Gasteiger partial charge in [-0.1, -0.05) is 5.16 Å². The van der Waals surface area contributed by atoms with Crippen LogP contribution in [0.1, 0.15) is 22.6 Å². The number of nitrogens with zero attached hydrogens (tertiary/aromatic N) is 3. The van der Waals surface area contributed by atoms with Crippen LogP contribution < -0.4 is 5.32 Å². The molecule has 0 aliphatic carbocycles. The summed E-state index contributed by atoms with van der Waals surface area (Å²) in [5.41, 5.74) is 0. The van der Waals surface area contributed by atoms with Crippen LogP contribution in [0.5, 0.6) is 0 Å². The van der Waals surface area contributed by atoms with Crippen molar-refractivity contribution in [3.05, 3.63) is 32.5 Å². The van der Waals surface area contributed by atoms with Gasteiger partial charge in [-0.3, -0.25) is 4.90 Å². The summed E-state index contributed by atoms with van der Waals surface area (Å²) in [6.45, 7) is 2.91. The monoisotopic (exact) mass is 356 g/mol. The molecule has 1 fully saturated rings. The molecule has 3 heterocycles. The van der Waals surface area contributed by atoms with E-state index >= 15 is 0 Å². The number of hydrogen-bond acceptors (Lipinski definition) is 6. The summed E-state index contributed by atoms with van der Waals surface area (Å²) in [4.78, 5) is 8.13. The topological polar surface area (TPSA) is 54.2 Å². The third-order valence-corrected chi connectivity index (χ3v) is 5.26. The SMILES string of the molecule is CN1CCNCC1c1noc(CCc2cc(Br)cs2)n1. The number of rotatable bonds is 4. The van der Waals surface area contributed by atoms with E-state index in [4.69, 9.17) is 4.52 Å². The van der Waals surface area contributed by atoms with Gasteiger partial charge in [0.25, 0.3) is 0 Å². The van der Waals surface area contributed by atoms with Gasteiger partial charge in [-0.05, 0) is 35.5 Å². The van der Waals surface area contributed by atoms with Crippen molar-refractivity contribution in [2.45, 2.75) is 18.9 Å². The van der Waals surface area contributed by atoms with Gasteiger partial charge < -0.3 is 9.84 Å². The minimum Gasteiger partial charge on any atom is -0.339 e. The molecule has 0 spiro atoms. The van der Waals surface area contributed by atoms with E-state index in [9.17, 15) is 0 Å². The van der Waals surface area contributed by atoms with Crippen molar-refractivity contribution >= 4 is 27.3 Å². The molecule has 0 amide bonds. The number of halogens is 1. The second-order valence-electron chi connectivity index (χ2n) is 4.98. The number of nitrogens with one attached hydrogen (secondary N) is 1. The molecule has 2 aromatic rings. The van der Waals surface area contributed by atoms with Gasteiger partial charge in [0, 0.05) is 40.8 Å². The second kappa shape index (κ2) is 6.34. The first-order chi connectivity index (χ1) is 9.72. The molecule has 7 heteroatoms. The zero-order valence-corrected chi connectivity index (χ0v) is 13.7. The Hall–Kier alpha value is -0.760. The minimum atomic E-state index is 0.220. The standard InChI is InChI=1S/C13H17BrN4OS/c1-18-5-4-15-7-11(18)13-16-12(19-17-13)3-2-10-6-9(14)8-20-10/h6,8,11,15H,2-5,7H2,1H3. The molecule has 0 radical (unpaired) electrons. The fourth-order valence-corrected chi connectivity index (χ4v) is 3.77. The highest BCUT2D eigenvalue weighted by molar-refractivity contribution is 9.10. The molecule has 3 rings (SSSR count). The van der Waals surface area contributed by atoms with Crippen LogP contribution in [0.15, 0.2) is 20.4 Å². The summed E-state index contributed by atoms with van der Waals surface area (Å²) in [5.74, 6) is 1.52. The van der Waals surface area contributed by atoms with Crippen LogP contribution in [0.3, 0.4) is 0 Å². The van der Waals surface area contributed by atoms with E-state index < -0.39 is 0 Å². The van der Waals surface area contributed by atoms with E-state index in [0.29, 0.717) is 0 Å². The molecule has 0 saturated carbocycles. The molecular formula is C13H17BrN4OS. The minimum absolute atomic E-state index is 0.220. The Bertz CT molecular complexity index is 570. The van der Waals surface area contributed by atoms with Gasteiger partial charge >= 0.3 is 0 Å². The second-order valence-corrected chi connectivity index (χ2v) is 6.89. The normalized spacial score (nSPS) is 20.4. The molecule has 1 aliphatic rings. The third-order valence-electron chi connectivity index (χ3n) is 3.50. The Labute approximate surface area is 130 Å². The first-order valence-corrected chi connectivity index (χ1v) is 8.36. The molecule has 1 saturated heterocycles. The number of aromatic nitrogens is 2. The smallest absolute Gasteiger partial charge is 0.227 e. The van der Waals surface area contributed by atoms with Gasteiger partial charge in [-0.2, -0.15) is 4.98 Å². The lowest BCUT2D eigenvalue weighted by Gasteiger charge is -2.30. The summed E-state index contributed by atoms with van der Waals surface area (Å²) < 4.78 is 6.51. The van der Waals surface area contributed by atoms with Crippen molar-refractivity contribution in [3.8, 4) is 0 Å². The molecule has 108 valence electrons. The van der Waals surface area contributed by atoms with Gasteiger partial charge in [0.15, 0.2) is 5.82 Å². The lowest BCUT2D eigenvalue weighted by atomic mass is 10.2. The lowest BCUT2D eigenvalue weighted by Crippen LogP contribution is -2.44. The van der Waals surface area contributed by atoms with Crippen LogP contribution in [0.25, 0.3) is 0 Å². The van der Waals surface area contributed by atoms with Crippen LogP contribution in [-0.2, 0) is 12.8 Å². The summed E-state index contributed by atoms with van der Waals surface area (Å²) in [6, 6.07) is 2.36. The molecule has 0 aromatic carbocycles. The average Bonchev–Trinajstić information content (AvgIpc) is 3.06. The lowest BCUT2D eigenvalue weighted by molar-refractivity contribution is 0.190. The summed E-state index contributed by atoms with van der Waals surface area (Å²) in [5, 5.41) is 9.60. The largest absolute Gasteiger partial charge is 0.339 e. The van der Waals surface area contributed by atoms with Crippen LogP contribution in [0, 0.1) is 0 Å². The van der Waals surface area contributed by atoms with Gasteiger partial charge in [0.2, 0.25) is 5.89 Å². The Kier molecular flexibility index (Phi) is 4.50. The number of likely N-dealkylation sites (N-methyl/N-ethyl adjacent to an activating group) is 1. The summed E-state index contributed by atoms with van der Waals surface area (Å²) >= 11 is 5.22. The Balaban J connectivity index is 1.61.